The number of nitrogens with one attached hydrogen (secondary N) is 2. The molecule has 0 unspecified atom stereocenters. The zero-order valence-corrected chi connectivity index (χ0v) is 10.5. The topological polar surface area (TPSA) is 77.8 Å². The highest BCUT2D eigenvalue weighted by Gasteiger charge is 2.22. The molecule has 1 saturated carbocycles. The highest BCUT2D eigenvalue weighted by Crippen LogP contribution is 2.18. The van der Waals surface area contributed by atoms with Crippen LogP contribution in [0.5, 0.6) is 0 Å². The molecule has 2 N–H and O–H groups in total. The Balaban J connectivity index is 1.80. The van der Waals surface area contributed by atoms with Gasteiger partial charge in [-0.25, -0.2) is 4.98 Å². The van der Waals surface area contributed by atoms with Crippen molar-refractivity contribution in [1.82, 2.24) is 10.3 Å². The number of nitrogens with zero attached hydrogens (tertiary/aromatic N) is 2. The summed E-state index contributed by atoms with van der Waals surface area (Å²) < 4.78 is 0. The molecule has 1 fully saturated rings. The molecule has 0 atom stereocenters. The fourth-order valence-electron chi connectivity index (χ4n) is 1.48. The van der Waals surface area contributed by atoms with Gasteiger partial charge in [-0.3, -0.25) is 4.79 Å². The van der Waals surface area contributed by atoms with E-state index < -0.39 is 0 Å². The number of anilines is 1. The minimum atomic E-state index is 0.0348. The Bertz CT molecular complexity index is 493. The zero-order valence-electron chi connectivity index (χ0n) is 9.74. The molecule has 6 heteroatoms. The molecular formula is C12H13ClN4O. The van der Waals surface area contributed by atoms with Crippen LogP contribution in [0.1, 0.15) is 24.8 Å². The molecule has 1 amide bonds. The summed E-state index contributed by atoms with van der Waals surface area (Å²) >= 11 is 5.77. The van der Waals surface area contributed by atoms with Gasteiger partial charge in [-0.05, 0) is 25.0 Å². The van der Waals surface area contributed by atoms with E-state index in [-0.39, 0.29) is 11.1 Å². The lowest BCUT2D eigenvalue weighted by Crippen LogP contribution is -2.27. The van der Waals surface area contributed by atoms with E-state index in [4.69, 9.17) is 16.9 Å². The summed E-state index contributed by atoms with van der Waals surface area (Å²) in [7, 11) is 0. The van der Waals surface area contributed by atoms with Crippen LogP contribution in [0.15, 0.2) is 12.1 Å². The van der Waals surface area contributed by atoms with E-state index in [0.29, 0.717) is 30.4 Å². The van der Waals surface area contributed by atoms with Crippen LogP contribution < -0.4 is 10.6 Å². The monoisotopic (exact) mass is 264 g/mol. The number of halogens is 1. The second-order valence-electron chi connectivity index (χ2n) is 4.19. The van der Waals surface area contributed by atoms with Crippen LogP contribution in [-0.2, 0) is 4.79 Å². The molecule has 5 nitrogen and oxygen atoms in total. The van der Waals surface area contributed by atoms with Crippen LogP contribution >= 0.6 is 11.6 Å². The number of rotatable bonds is 5. The molecule has 0 saturated heterocycles. The van der Waals surface area contributed by atoms with E-state index in [9.17, 15) is 4.79 Å². The smallest absolute Gasteiger partial charge is 0.221 e. The number of hydrogen-bond donors (Lipinski definition) is 2. The Morgan fingerprint density at radius 3 is 3.00 bits per heavy atom. The Labute approximate surface area is 110 Å². The van der Waals surface area contributed by atoms with Gasteiger partial charge >= 0.3 is 0 Å². The normalized spacial score (nSPS) is 13.8. The van der Waals surface area contributed by atoms with Gasteiger partial charge in [-0.15, -0.1) is 0 Å². The molecule has 18 heavy (non-hydrogen) atoms. The van der Waals surface area contributed by atoms with Crippen LogP contribution in [-0.4, -0.2) is 23.5 Å². The summed E-state index contributed by atoms with van der Waals surface area (Å²) in [4.78, 5) is 15.4. The zero-order chi connectivity index (χ0) is 13.0. The van der Waals surface area contributed by atoms with Crippen LogP contribution in [0.3, 0.4) is 0 Å². The van der Waals surface area contributed by atoms with E-state index in [0.717, 1.165) is 12.8 Å². The fourth-order valence-corrected chi connectivity index (χ4v) is 1.69. The number of pyridine rings is 1. The summed E-state index contributed by atoms with van der Waals surface area (Å²) in [6, 6.07) is 5.47. The molecule has 94 valence electrons. The minimum Gasteiger partial charge on any atom is -0.369 e. The van der Waals surface area contributed by atoms with E-state index in [2.05, 4.69) is 15.6 Å². The molecule has 0 aromatic carbocycles. The van der Waals surface area contributed by atoms with Crippen LogP contribution in [0.25, 0.3) is 0 Å². The van der Waals surface area contributed by atoms with Gasteiger partial charge in [0.2, 0.25) is 5.91 Å². The Hall–Kier alpha value is -1.80. The molecule has 1 aromatic rings. The number of nitriles is 1. The molecule has 0 aliphatic heterocycles. The first-order chi connectivity index (χ1) is 8.67. The maximum Gasteiger partial charge on any atom is 0.221 e. The summed E-state index contributed by atoms with van der Waals surface area (Å²) in [5.41, 5.74) is 0.444. The quantitative estimate of drug-likeness (QED) is 0.794. The second kappa shape index (κ2) is 5.69. The molecule has 1 aliphatic rings. The highest BCUT2D eigenvalue weighted by molar-refractivity contribution is 6.29. The Kier molecular flexibility index (Phi) is 4.00. The molecule has 0 bridgehead atoms. The second-order valence-corrected chi connectivity index (χ2v) is 4.58. The van der Waals surface area contributed by atoms with Gasteiger partial charge in [0.25, 0.3) is 0 Å². The number of carbonyl (C=O) groups excluding carboxylic acids is 1. The molecule has 2 rings (SSSR count). The Morgan fingerprint density at radius 2 is 2.33 bits per heavy atom. The van der Waals surface area contributed by atoms with Crippen molar-refractivity contribution in [3.8, 4) is 6.07 Å². The summed E-state index contributed by atoms with van der Waals surface area (Å²) in [5.74, 6) is 0.547. The first-order valence-electron chi connectivity index (χ1n) is 5.78. The van der Waals surface area contributed by atoms with Crippen molar-refractivity contribution in [3.05, 3.63) is 22.8 Å². The Morgan fingerprint density at radius 1 is 1.56 bits per heavy atom. The lowest BCUT2D eigenvalue weighted by molar-refractivity contribution is -0.120. The molecule has 0 spiro atoms. The van der Waals surface area contributed by atoms with Crippen LogP contribution in [0, 0.1) is 11.3 Å². The van der Waals surface area contributed by atoms with Crippen LogP contribution in [0.2, 0.25) is 5.15 Å². The summed E-state index contributed by atoms with van der Waals surface area (Å²) in [6.07, 6.45) is 2.55. The lowest BCUT2D eigenvalue weighted by Gasteiger charge is -2.06. The molecular weight excluding hydrogens is 252 g/mol. The predicted octanol–water partition coefficient (Wildman–Crippen LogP) is 1.69. The van der Waals surface area contributed by atoms with Gasteiger partial charge in [-0.1, -0.05) is 11.6 Å². The van der Waals surface area contributed by atoms with Crippen LogP contribution in [0.4, 0.5) is 5.82 Å². The fraction of sp³-hybridized carbons (Fsp3) is 0.417. The third-order valence-electron chi connectivity index (χ3n) is 2.52. The van der Waals surface area contributed by atoms with Gasteiger partial charge in [0, 0.05) is 19.0 Å². The number of carbonyl (C=O) groups is 1. The first kappa shape index (κ1) is 12.7. The van der Waals surface area contributed by atoms with Gasteiger partial charge in [0.05, 0.1) is 11.6 Å². The highest BCUT2D eigenvalue weighted by atomic mass is 35.5. The maximum absolute atomic E-state index is 11.4. The standard InChI is InChI=1S/C12H13ClN4O/c13-10-5-8(7-14)6-11(17-10)15-4-3-12(18)16-9-1-2-9/h5-6,9H,1-4H2,(H,15,17)(H,16,18). The molecule has 1 heterocycles. The van der Waals surface area contributed by atoms with Crippen molar-refractivity contribution >= 4 is 23.3 Å². The van der Waals surface area contributed by atoms with Crippen molar-refractivity contribution in [3.63, 3.8) is 0 Å². The summed E-state index contributed by atoms with van der Waals surface area (Å²) in [5, 5.41) is 14.9. The largest absolute Gasteiger partial charge is 0.369 e. The van der Waals surface area contributed by atoms with E-state index in [1.807, 2.05) is 6.07 Å². The van der Waals surface area contributed by atoms with Gasteiger partial charge < -0.3 is 10.6 Å². The molecule has 0 radical (unpaired) electrons. The third-order valence-corrected chi connectivity index (χ3v) is 2.72. The van der Waals surface area contributed by atoms with Crippen molar-refractivity contribution in [2.24, 2.45) is 0 Å². The predicted molar refractivity (Wildman–Crippen MR) is 68.2 cm³/mol. The average Bonchev–Trinajstić information content (AvgIpc) is 3.12. The lowest BCUT2D eigenvalue weighted by atomic mass is 10.3. The van der Waals surface area contributed by atoms with Crippen molar-refractivity contribution in [2.45, 2.75) is 25.3 Å². The SMILES string of the molecule is N#Cc1cc(Cl)nc(NCCC(=O)NC2CC2)c1. The maximum atomic E-state index is 11.4. The third kappa shape index (κ3) is 3.90. The van der Waals surface area contributed by atoms with E-state index in [1.165, 1.54) is 6.07 Å². The average molecular weight is 265 g/mol. The van der Waals surface area contributed by atoms with Gasteiger partial charge in [0.1, 0.15) is 11.0 Å². The van der Waals surface area contributed by atoms with E-state index in [1.54, 1.807) is 6.07 Å². The van der Waals surface area contributed by atoms with Crippen molar-refractivity contribution in [2.75, 3.05) is 11.9 Å². The van der Waals surface area contributed by atoms with E-state index >= 15 is 0 Å². The molecule has 1 aromatic heterocycles. The number of aromatic nitrogens is 1. The molecule has 1 aliphatic carbocycles. The minimum absolute atomic E-state index is 0.0348. The summed E-state index contributed by atoms with van der Waals surface area (Å²) in [6.45, 7) is 0.469. The number of amides is 1. The first-order valence-corrected chi connectivity index (χ1v) is 6.16. The van der Waals surface area contributed by atoms with Crippen molar-refractivity contribution in [1.29, 1.82) is 5.26 Å². The number of hydrogen-bond acceptors (Lipinski definition) is 4. The van der Waals surface area contributed by atoms with Gasteiger partial charge in [0.15, 0.2) is 0 Å². The van der Waals surface area contributed by atoms with Crippen molar-refractivity contribution < 1.29 is 4.79 Å². The van der Waals surface area contributed by atoms with Gasteiger partial charge in [-0.2, -0.15) is 5.26 Å².